The molecule has 0 saturated carbocycles. The summed E-state index contributed by atoms with van der Waals surface area (Å²) in [4.78, 5) is 23.2. The molecule has 2 atom stereocenters. The molecule has 1 rings (SSSR count). The highest BCUT2D eigenvalue weighted by Gasteiger charge is 2.22. The Morgan fingerprint density at radius 2 is 2.05 bits per heavy atom. The topological polar surface area (TPSA) is 67.4 Å². The number of anilines is 1. The minimum atomic E-state index is -0.501. The summed E-state index contributed by atoms with van der Waals surface area (Å²) in [6.07, 6.45) is 0. The molecule has 0 bridgehead atoms. The lowest BCUT2D eigenvalue weighted by atomic mass is 10.0. The summed E-state index contributed by atoms with van der Waals surface area (Å²) in [5.74, 6) is -1.27. The number of amides is 2. The first-order valence-corrected chi connectivity index (χ1v) is 6.43. The molecule has 2 amide bonds. The summed E-state index contributed by atoms with van der Waals surface area (Å²) in [7, 11) is 0. The van der Waals surface area contributed by atoms with Gasteiger partial charge >= 0.3 is 12.0 Å². The molecule has 5 nitrogen and oxygen atoms in total. The first-order valence-electron chi connectivity index (χ1n) is 6.43. The highest BCUT2D eigenvalue weighted by Crippen LogP contribution is 2.10. The molecular formula is C14H19FN2O3. The number of carbonyl (C=O) groups excluding carboxylic acids is 2. The molecule has 1 aromatic rings. The van der Waals surface area contributed by atoms with Gasteiger partial charge in [-0.1, -0.05) is 6.07 Å². The summed E-state index contributed by atoms with van der Waals surface area (Å²) in [6, 6.07) is 4.66. The predicted octanol–water partition coefficient (Wildman–Crippen LogP) is 2.53. The van der Waals surface area contributed by atoms with Crippen molar-refractivity contribution < 1.29 is 18.7 Å². The SMILES string of the molecule is CCOC(=O)[C@@H](C)[C@H](C)NC(=O)Nc1cccc(F)c1. The van der Waals surface area contributed by atoms with E-state index >= 15 is 0 Å². The van der Waals surface area contributed by atoms with Crippen molar-refractivity contribution in [3.63, 3.8) is 0 Å². The molecular weight excluding hydrogens is 263 g/mol. The van der Waals surface area contributed by atoms with E-state index in [1.807, 2.05) is 0 Å². The summed E-state index contributed by atoms with van der Waals surface area (Å²) in [6.45, 7) is 5.39. The fourth-order valence-electron chi connectivity index (χ4n) is 1.54. The third-order valence-corrected chi connectivity index (χ3v) is 2.85. The fraction of sp³-hybridized carbons (Fsp3) is 0.429. The summed E-state index contributed by atoms with van der Waals surface area (Å²) < 4.78 is 17.8. The molecule has 20 heavy (non-hydrogen) atoms. The Bertz CT molecular complexity index is 479. The zero-order valence-electron chi connectivity index (χ0n) is 11.8. The van der Waals surface area contributed by atoms with Gasteiger partial charge in [-0.05, 0) is 39.0 Å². The molecule has 0 spiro atoms. The second-order valence-corrected chi connectivity index (χ2v) is 4.44. The molecule has 0 aliphatic carbocycles. The summed E-state index contributed by atoms with van der Waals surface area (Å²) in [5, 5.41) is 5.11. The molecule has 0 saturated heterocycles. The second-order valence-electron chi connectivity index (χ2n) is 4.44. The number of halogens is 1. The van der Waals surface area contributed by atoms with Crippen LogP contribution in [0.4, 0.5) is 14.9 Å². The van der Waals surface area contributed by atoms with E-state index < -0.39 is 23.8 Å². The van der Waals surface area contributed by atoms with Crippen molar-refractivity contribution in [2.75, 3.05) is 11.9 Å². The normalized spacial score (nSPS) is 13.2. The van der Waals surface area contributed by atoms with Crippen molar-refractivity contribution in [3.8, 4) is 0 Å². The van der Waals surface area contributed by atoms with E-state index in [2.05, 4.69) is 10.6 Å². The highest BCUT2D eigenvalue weighted by molar-refractivity contribution is 5.89. The van der Waals surface area contributed by atoms with E-state index in [0.29, 0.717) is 12.3 Å². The van der Waals surface area contributed by atoms with E-state index in [1.54, 1.807) is 26.8 Å². The van der Waals surface area contributed by atoms with Crippen LogP contribution in [0.1, 0.15) is 20.8 Å². The molecule has 0 aromatic heterocycles. The van der Waals surface area contributed by atoms with Crippen molar-refractivity contribution in [2.24, 2.45) is 5.92 Å². The maximum absolute atomic E-state index is 13.0. The lowest BCUT2D eigenvalue weighted by Crippen LogP contribution is -2.42. The van der Waals surface area contributed by atoms with Crippen molar-refractivity contribution >= 4 is 17.7 Å². The molecule has 0 heterocycles. The predicted molar refractivity (Wildman–Crippen MR) is 73.8 cm³/mol. The number of esters is 1. The minimum absolute atomic E-state index is 0.297. The maximum Gasteiger partial charge on any atom is 0.319 e. The number of ether oxygens (including phenoxy) is 1. The minimum Gasteiger partial charge on any atom is -0.466 e. The van der Waals surface area contributed by atoms with Gasteiger partial charge in [0.15, 0.2) is 0 Å². The largest absolute Gasteiger partial charge is 0.466 e. The number of benzene rings is 1. The Hall–Kier alpha value is -2.11. The Morgan fingerprint density at radius 3 is 2.65 bits per heavy atom. The van der Waals surface area contributed by atoms with Gasteiger partial charge in [-0.3, -0.25) is 4.79 Å². The molecule has 0 unspecified atom stereocenters. The maximum atomic E-state index is 13.0. The van der Waals surface area contributed by atoms with Gasteiger partial charge in [-0.25, -0.2) is 9.18 Å². The average Bonchev–Trinajstić information content (AvgIpc) is 2.37. The van der Waals surface area contributed by atoms with Gasteiger partial charge in [0.1, 0.15) is 5.82 Å². The van der Waals surface area contributed by atoms with Crippen LogP contribution in [-0.2, 0) is 9.53 Å². The summed E-state index contributed by atoms with van der Waals surface area (Å²) in [5.41, 5.74) is 0.346. The van der Waals surface area contributed by atoms with Crippen molar-refractivity contribution in [2.45, 2.75) is 26.8 Å². The monoisotopic (exact) mass is 282 g/mol. The molecule has 2 N–H and O–H groups in total. The average molecular weight is 282 g/mol. The molecule has 0 radical (unpaired) electrons. The van der Waals surface area contributed by atoms with E-state index in [4.69, 9.17) is 4.74 Å². The first-order chi connectivity index (χ1) is 9.43. The molecule has 110 valence electrons. The van der Waals surface area contributed by atoms with Crippen LogP contribution in [0.2, 0.25) is 0 Å². The quantitative estimate of drug-likeness (QED) is 0.815. The standard InChI is InChI=1S/C14H19FN2O3/c1-4-20-13(18)9(2)10(3)16-14(19)17-12-7-5-6-11(15)8-12/h5-10H,4H2,1-3H3,(H2,16,17,19)/t9-,10-/m0/s1. The van der Waals surface area contributed by atoms with Crippen LogP contribution < -0.4 is 10.6 Å². The van der Waals surface area contributed by atoms with Gasteiger partial charge in [0.05, 0.1) is 12.5 Å². The van der Waals surface area contributed by atoms with E-state index in [-0.39, 0.29) is 5.97 Å². The Morgan fingerprint density at radius 1 is 1.35 bits per heavy atom. The molecule has 6 heteroatoms. The van der Waals surface area contributed by atoms with Crippen LogP contribution in [0.25, 0.3) is 0 Å². The van der Waals surface area contributed by atoms with Gasteiger partial charge in [0.2, 0.25) is 0 Å². The van der Waals surface area contributed by atoms with Gasteiger partial charge in [-0.15, -0.1) is 0 Å². The number of rotatable bonds is 5. The van der Waals surface area contributed by atoms with Crippen LogP contribution in [0.3, 0.4) is 0 Å². The van der Waals surface area contributed by atoms with Crippen molar-refractivity contribution in [1.29, 1.82) is 0 Å². The Kier molecular flexibility index (Phi) is 5.96. The zero-order valence-corrected chi connectivity index (χ0v) is 11.8. The van der Waals surface area contributed by atoms with Gasteiger partial charge in [0.25, 0.3) is 0 Å². The highest BCUT2D eigenvalue weighted by atomic mass is 19.1. The van der Waals surface area contributed by atoms with Crippen LogP contribution >= 0.6 is 0 Å². The fourth-order valence-corrected chi connectivity index (χ4v) is 1.54. The molecule has 0 aliphatic rings. The number of urea groups is 1. The van der Waals surface area contributed by atoms with E-state index in [1.165, 1.54) is 18.2 Å². The molecule has 1 aromatic carbocycles. The number of carbonyl (C=O) groups is 2. The first kappa shape index (κ1) is 15.9. The van der Waals surface area contributed by atoms with Crippen LogP contribution in [-0.4, -0.2) is 24.6 Å². The Balaban J connectivity index is 2.51. The van der Waals surface area contributed by atoms with Gasteiger partial charge < -0.3 is 15.4 Å². The van der Waals surface area contributed by atoms with Gasteiger partial charge in [-0.2, -0.15) is 0 Å². The van der Waals surface area contributed by atoms with E-state index in [0.717, 1.165) is 0 Å². The lowest BCUT2D eigenvalue weighted by molar-refractivity contribution is -0.148. The van der Waals surface area contributed by atoms with Crippen LogP contribution in [0, 0.1) is 11.7 Å². The van der Waals surface area contributed by atoms with Crippen LogP contribution in [0.5, 0.6) is 0 Å². The Labute approximate surface area is 117 Å². The zero-order chi connectivity index (χ0) is 15.1. The smallest absolute Gasteiger partial charge is 0.319 e. The lowest BCUT2D eigenvalue weighted by Gasteiger charge is -2.20. The second kappa shape index (κ2) is 7.47. The van der Waals surface area contributed by atoms with Crippen molar-refractivity contribution in [1.82, 2.24) is 5.32 Å². The third-order valence-electron chi connectivity index (χ3n) is 2.85. The third kappa shape index (κ3) is 4.87. The molecule has 0 aliphatic heterocycles. The van der Waals surface area contributed by atoms with Gasteiger partial charge in [0, 0.05) is 11.7 Å². The van der Waals surface area contributed by atoms with Crippen LogP contribution in [0.15, 0.2) is 24.3 Å². The van der Waals surface area contributed by atoms with Crippen molar-refractivity contribution in [3.05, 3.63) is 30.1 Å². The molecule has 0 fully saturated rings. The number of hydrogen-bond donors (Lipinski definition) is 2. The summed E-state index contributed by atoms with van der Waals surface area (Å²) >= 11 is 0. The number of hydrogen-bond acceptors (Lipinski definition) is 3. The van der Waals surface area contributed by atoms with E-state index in [9.17, 15) is 14.0 Å². The number of nitrogens with one attached hydrogen (secondary N) is 2.